The Morgan fingerprint density at radius 1 is 0.933 bits per heavy atom. The highest BCUT2D eigenvalue weighted by Crippen LogP contribution is 2.28. The molecule has 1 aliphatic carbocycles. The van der Waals surface area contributed by atoms with Crippen molar-refractivity contribution in [1.82, 2.24) is 0 Å². The van der Waals surface area contributed by atoms with E-state index in [-0.39, 0.29) is 0 Å². The molecule has 0 spiro atoms. The van der Waals surface area contributed by atoms with Crippen LogP contribution in [0.3, 0.4) is 0 Å². The summed E-state index contributed by atoms with van der Waals surface area (Å²) in [6, 6.07) is 12.2. The first-order chi connectivity index (χ1) is 7.40. The van der Waals surface area contributed by atoms with Crippen molar-refractivity contribution in [3.05, 3.63) is 53.6 Å². The molecule has 3 rings (SSSR count). The lowest BCUT2D eigenvalue weighted by atomic mass is 9.92. The lowest BCUT2D eigenvalue weighted by Crippen LogP contribution is -2.02. The number of allylic oxidation sites excluding steroid dienone is 1. The van der Waals surface area contributed by atoms with E-state index < -0.39 is 0 Å². The van der Waals surface area contributed by atoms with Crippen molar-refractivity contribution >= 4 is 22.6 Å². The summed E-state index contributed by atoms with van der Waals surface area (Å²) in [5.41, 5.74) is 2.79. The molecule has 0 aromatic heterocycles. The average molecular weight is 195 g/mol. The summed E-state index contributed by atoms with van der Waals surface area (Å²) in [4.78, 5) is 0. The Bertz CT molecular complexity index is 591. The maximum atomic E-state index is 8.90. The fraction of sp³-hybridized carbons (Fsp3) is 0. The number of rotatable bonds is 0. The molecule has 2 aromatic rings. The third-order valence-corrected chi connectivity index (χ3v) is 2.74. The van der Waals surface area contributed by atoms with E-state index in [9.17, 15) is 0 Å². The van der Waals surface area contributed by atoms with Crippen LogP contribution in [0.5, 0.6) is 0 Å². The summed E-state index contributed by atoms with van der Waals surface area (Å²) in [6.07, 6.45) is 3.81. The van der Waals surface area contributed by atoms with Crippen molar-refractivity contribution in [2.24, 2.45) is 5.16 Å². The molecule has 0 unspecified atom stereocenters. The zero-order chi connectivity index (χ0) is 10.3. The standard InChI is InChI=1S/C13H9NO/c15-14-12-8-7-10-4-1-3-9-5-2-6-11(12)13(9)10/h1-8,15H. The second-order valence-corrected chi connectivity index (χ2v) is 3.57. The summed E-state index contributed by atoms with van der Waals surface area (Å²) in [6.45, 7) is 0. The van der Waals surface area contributed by atoms with Crippen LogP contribution in [0.2, 0.25) is 0 Å². The number of hydrogen-bond acceptors (Lipinski definition) is 2. The van der Waals surface area contributed by atoms with Crippen molar-refractivity contribution in [2.75, 3.05) is 0 Å². The molecule has 0 aliphatic heterocycles. The normalized spacial score (nSPS) is 16.1. The van der Waals surface area contributed by atoms with Crippen molar-refractivity contribution in [3.8, 4) is 0 Å². The van der Waals surface area contributed by atoms with Gasteiger partial charge in [0.15, 0.2) is 0 Å². The van der Waals surface area contributed by atoms with E-state index in [0.717, 1.165) is 10.9 Å². The molecule has 0 heterocycles. The quantitative estimate of drug-likeness (QED) is 0.508. The van der Waals surface area contributed by atoms with E-state index in [1.54, 1.807) is 0 Å². The molecule has 0 saturated carbocycles. The first-order valence-corrected chi connectivity index (χ1v) is 4.82. The molecule has 0 fully saturated rings. The van der Waals surface area contributed by atoms with Gasteiger partial charge in [-0.05, 0) is 22.4 Å². The molecule has 72 valence electrons. The number of hydrogen-bond donors (Lipinski definition) is 1. The molecule has 0 atom stereocenters. The minimum atomic E-state index is 0.624. The summed E-state index contributed by atoms with van der Waals surface area (Å²) in [7, 11) is 0. The van der Waals surface area contributed by atoms with Gasteiger partial charge in [0.05, 0.1) is 0 Å². The van der Waals surface area contributed by atoms with Crippen molar-refractivity contribution in [3.63, 3.8) is 0 Å². The minimum absolute atomic E-state index is 0.624. The van der Waals surface area contributed by atoms with Crippen LogP contribution in [0.4, 0.5) is 0 Å². The summed E-state index contributed by atoms with van der Waals surface area (Å²) in [5.74, 6) is 0. The highest BCUT2D eigenvalue weighted by molar-refractivity contribution is 6.22. The zero-order valence-corrected chi connectivity index (χ0v) is 8.01. The summed E-state index contributed by atoms with van der Waals surface area (Å²) in [5, 5.41) is 14.5. The first-order valence-electron chi connectivity index (χ1n) is 4.82. The van der Waals surface area contributed by atoms with Gasteiger partial charge in [-0.3, -0.25) is 0 Å². The molecule has 1 N–H and O–H groups in total. The second kappa shape index (κ2) is 2.95. The zero-order valence-electron chi connectivity index (χ0n) is 8.01. The van der Waals surface area contributed by atoms with Gasteiger partial charge in [0.25, 0.3) is 0 Å². The summed E-state index contributed by atoms with van der Waals surface area (Å²) >= 11 is 0. The van der Waals surface area contributed by atoms with Crippen molar-refractivity contribution < 1.29 is 5.21 Å². The van der Waals surface area contributed by atoms with E-state index in [4.69, 9.17) is 5.21 Å². The largest absolute Gasteiger partial charge is 0.410 e. The SMILES string of the molecule is ON=C1C=Cc2cccc3cccc1c23. The van der Waals surface area contributed by atoms with Gasteiger partial charge in [-0.25, -0.2) is 0 Å². The van der Waals surface area contributed by atoms with Crippen LogP contribution >= 0.6 is 0 Å². The molecule has 15 heavy (non-hydrogen) atoms. The Hall–Kier alpha value is -2.09. The molecule has 2 aromatic carbocycles. The van der Waals surface area contributed by atoms with E-state index in [1.807, 2.05) is 30.4 Å². The third kappa shape index (κ3) is 1.08. The Balaban J connectivity index is 2.52. The van der Waals surface area contributed by atoms with Gasteiger partial charge in [0.2, 0.25) is 0 Å². The molecular formula is C13H9NO. The molecule has 0 amide bonds. The topological polar surface area (TPSA) is 32.6 Å². The molecule has 1 aliphatic rings. The van der Waals surface area contributed by atoms with Gasteiger partial charge in [-0.1, -0.05) is 47.6 Å². The monoisotopic (exact) mass is 195 g/mol. The minimum Gasteiger partial charge on any atom is -0.410 e. The Morgan fingerprint density at radius 3 is 2.53 bits per heavy atom. The maximum absolute atomic E-state index is 8.90. The molecule has 0 bridgehead atoms. The third-order valence-electron chi connectivity index (χ3n) is 2.74. The number of oxime groups is 1. The van der Waals surface area contributed by atoms with Gasteiger partial charge in [-0.15, -0.1) is 0 Å². The predicted octanol–water partition coefficient (Wildman–Crippen LogP) is 3.04. The number of benzene rings is 2. The van der Waals surface area contributed by atoms with Crippen LogP contribution in [0.15, 0.2) is 47.6 Å². The molecule has 0 saturated heterocycles. The van der Waals surface area contributed by atoms with Crippen LogP contribution in [-0.4, -0.2) is 10.9 Å². The highest BCUT2D eigenvalue weighted by Gasteiger charge is 2.12. The van der Waals surface area contributed by atoms with Gasteiger partial charge in [0.1, 0.15) is 5.71 Å². The van der Waals surface area contributed by atoms with Crippen LogP contribution in [0, 0.1) is 0 Å². The van der Waals surface area contributed by atoms with E-state index in [0.29, 0.717) is 5.71 Å². The van der Waals surface area contributed by atoms with E-state index >= 15 is 0 Å². The lowest BCUT2D eigenvalue weighted by Gasteiger charge is -2.12. The van der Waals surface area contributed by atoms with Crippen LogP contribution in [-0.2, 0) is 0 Å². The average Bonchev–Trinajstić information content (AvgIpc) is 2.30. The molecule has 2 heteroatoms. The lowest BCUT2D eigenvalue weighted by molar-refractivity contribution is 0.320. The van der Waals surface area contributed by atoms with Gasteiger partial charge in [0, 0.05) is 5.56 Å². The van der Waals surface area contributed by atoms with Gasteiger partial charge < -0.3 is 5.21 Å². The van der Waals surface area contributed by atoms with Crippen LogP contribution in [0.1, 0.15) is 11.1 Å². The Kier molecular flexibility index (Phi) is 1.62. The van der Waals surface area contributed by atoms with Crippen molar-refractivity contribution in [2.45, 2.75) is 0 Å². The highest BCUT2D eigenvalue weighted by atomic mass is 16.4. The van der Waals surface area contributed by atoms with Crippen molar-refractivity contribution in [1.29, 1.82) is 0 Å². The maximum Gasteiger partial charge on any atom is 0.110 e. The van der Waals surface area contributed by atoms with Gasteiger partial charge >= 0.3 is 0 Å². The predicted molar refractivity (Wildman–Crippen MR) is 61.3 cm³/mol. The van der Waals surface area contributed by atoms with E-state index in [2.05, 4.69) is 23.4 Å². The molecule has 2 nitrogen and oxygen atoms in total. The smallest absolute Gasteiger partial charge is 0.110 e. The molecular weight excluding hydrogens is 186 g/mol. The summed E-state index contributed by atoms with van der Waals surface area (Å²) < 4.78 is 0. The van der Waals surface area contributed by atoms with Crippen LogP contribution < -0.4 is 0 Å². The van der Waals surface area contributed by atoms with E-state index in [1.165, 1.54) is 10.9 Å². The van der Waals surface area contributed by atoms with Crippen LogP contribution in [0.25, 0.3) is 16.8 Å². The Morgan fingerprint density at radius 2 is 1.73 bits per heavy atom. The fourth-order valence-electron chi connectivity index (χ4n) is 2.07. The fourth-order valence-corrected chi connectivity index (χ4v) is 2.07. The second-order valence-electron chi connectivity index (χ2n) is 3.57. The van der Waals surface area contributed by atoms with Gasteiger partial charge in [-0.2, -0.15) is 0 Å². The number of nitrogens with zero attached hydrogens (tertiary/aromatic N) is 1. The Labute approximate surface area is 87.2 Å². The first kappa shape index (κ1) is 8.24. The molecule has 0 radical (unpaired) electrons.